The number of rotatable bonds is 1. The van der Waals surface area contributed by atoms with Gasteiger partial charge >= 0.3 is 0 Å². The Bertz CT molecular complexity index is 509. The highest BCUT2D eigenvalue weighted by molar-refractivity contribution is 5.62. The number of hydrogen-bond donors (Lipinski definition) is 2. The second-order valence-corrected chi connectivity index (χ2v) is 3.11. The fourth-order valence-corrected chi connectivity index (χ4v) is 1.45. The Hall–Kier alpha value is -2.24. The van der Waals surface area contributed by atoms with Crippen molar-refractivity contribution in [1.29, 1.82) is 0 Å². The Morgan fingerprint density at radius 1 is 1.27 bits per heavy atom. The lowest BCUT2D eigenvalue weighted by Gasteiger charge is -1.98. The van der Waals surface area contributed by atoms with Crippen molar-refractivity contribution in [1.82, 2.24) is 15.2 Å². The molecule has 3 rings (SSSR count). The number of hydrogen-bond acceptors (Lipinski definition) is 5. The van der Waals surface area contributed by atoms with E-state index in [9.17, 15) is 0 Å². The highest BCUT2D eigenvalue weighted by Crippen LogP contribution is 2.34. The van der Waals surface area contributed by atoms with E-state index in [1.807, 2.05) is 18.2 Å². The summed E-state index contributed by atoms with van der Waals surface area (Å²) in [5.74, 6) is 2.29. The zero-order chi connectivity index (χ0) is 10.3. The lowest BCUT2D eigenvalue weighted by molar-refractivity contribution is 0.174. The lowest BCUT2D eigenvalue weighted by Crippen LogP contribution is -1.92. The molecule has 2 heterocycles. The minimum atomic E-state index is 0.225. The quantitative estimate of drug-likeness (QED) is 0.716. The van der Waals surface area contributed by atoms with Crippen LogP contribution < -0.4 is 15.2 Å². The van der Waals surface area contributed by atoms with Gasteiger partial charge in [-0.3, -0.25) is 5.10 Å². The van der Waals surface area contributed by atoms with Crippen LogP contribution >= 0.6 is 0 Å². The third-order valence-electron chi connectivity index (χ3n) is 2.15. The van der Waals surface area contributed by atoms with E-state index in [1.54, 1.807) is 0 Å². The van der Waals surface area contributed by atoms with Gasteiger partial charge < -0.3 is 15.2 Å². The molecule has 6 heteroatoms. The molecular weight excluding hydrogens is 196 g/mol. The van der Waals surface area contributed by atoms with Crippen molar-refractivity contribution >= 4 is 5.95 Å². The maximum absolute atomic E-state index is 5.42. The molecule has 15 heavy (non-hydrogen) atoms. The molecule has 1 aromatic carbocycles. The number of nitrogens with zero attached hydrogens (tertiary/aromatic N) is 2. The molecule has 76 valence electrons. The predicted molar refractivity (Wildman–Crippen MR) is 52.4 cm³/mol. The molecule has 0 atom stereocenters. The summed E-state index contributed by atoms with van der Waals surface area (Å²) >= 11 is 0. The van der Waals surface area contributed by atoms with Crippen molar-refractivity contribution in [2.24, 2.45) is 0 Å². The third kappa shape index (κ3) is 1.26. The molecule has 3 N–H and O–H groups in total. The van der Waals surface area contributed by atoms with Gasteiger partial charge in [0.1, 0.15) is 0 Å². The average Bonchev–Trinajstić information content (AvgIpc) is 2.84. The van der Waals surface area contributed by atoms with Crippen LogP contribution in [-0.4, -0.2) is 22.0 Å². The maximum atomic E-state index is 5.42. The van der Waals surface area contributed by atoms with Crippen molar-refractivity contribution < 1.29 is 9.47 Å². The summed E-state index contributed by atoms with van der Waals surface area (Å²) in [5.41, 5.74) is 6.28. The number of benzene rings is 1. The summed E-state index contributed by atoms with van der Waals surface area (Å²) in [7, 11) is 0. The molecule has 0 saturated heterocycles. The number of nitrogen functional groups attached to an aromatic ring is 1. The second kappa shape index (κ2) is 2.88. The van der Waals surface area contributed by atoms with Crippen LogP contribution in [0.2, 0.25) is 0 Å². The van der Waals surface area contributed by atoms with Gasteiger partial charge in [-0.15, -0.1) is 5.10 Å². The Morgan fingerprint density at radius 3 is 2.93 bits per heavy atom. The number of anilines is 1. The van der Waals surface area contributed by atoms with Gasteiger partial charge in [0.2, 0.25) is 12.7 Å². The molecule has 6 nitrogen and oxygen atoms in total. The van der Waals surface area contributed by atoms with Gasteiger partial charge in [0, 0.05) is 5.56 Å². The molecule has 0 amide bonds. The van der Waals surface area contributed by atoms with E-state index in [2.05, 4.69) is 15.2 Å². The summed E-state index contributed by atoms with van der Waals surface area (Å²) in [6, 6.07) is 5.53. The van der Waals surface area contributed by atoms with Gasteiger partial charge in [-0.25, -0.2) is 0 Å². The number of nitrogens with two attached hydrogens (primary N) is 1. The predicted octanol–water partition coefficient (Wildman–Crippen LogP) is 0.783. The largest absolute Gasteiger partial charge is 0.454 e. The van der Waals surface area contributed by atoms with Gasteiger partial charge in [-0.1, -0.05) is 0 Å². The van der Waals surface area contributed by atoms with E-state index in [-0.39, 0.29) is 12.7 Å². The van der Waals surface area contributed by atoms with E-state index in [1.165, 1.54) is 0 Å². The van der Waals surface area contributed by atoms with Crippen molar-refractivity contribution in [2.45, 2.75) is 0 Å². The van der Waals surface area contributed by atoms with Crippen molar-refractivity contribution in [3.05, 3.63) is 18.2 Å². The third-order valence-corrected chi connectivity index (χ3v) is 2.15. The number of aromatic nitrogens is 3. The van der Waals surface area contributed by atoms with Crippen LogP contribution in [0.3, 0.4) is 0 Å². The molecule has 1 aliphatic rings. The van der Waals surface area contributed by atoms with E-state index >= 15 is 0 Å². The first-order valence-electron chi connectivity index (χ1n) is 4.41. The molecule has 1 aliphatic heterocycles. The first-order chi connectivity index (χ1) is 7.33. The van der Waals surface area contributed by atoms with Crippen LogP contribution in [0.5, 0.6) is 11.5 Å². The smallest absolute Gasteiger partial charge is 0.239 e. The molecule has 0 bridgehead atoms. The number of aromatic amines is 1. The number of nitrogens with one attached hydrogen (secondary N) is 1. The monoisotopic (exact) mass is 204 g/mol. The van der Waals surface area contributed by atoms with E-state index in [0.717, 1.165) is 11.3 Å². The van der Waals surface area contributed by atoms with Gasteiger partial charge in [0.05, 0.1) is 0 Å². The van der Waals surface area contributed by atoms with Crippen LogP contribution in [0.4, 0.5) is 5.95 Å². The lowest BCUT2D eigenvalue weighted by atomic mass is 10.2. The molecule has 0 aliphatic carbocycles. The highest BCUT2D eigenvalue weighted by Gasteiger charge is 2.14. The molecule has 0 saturated carbocycles. The van der Waals surface area contributed by atoms with E-state index < -0.39 is 0 Å². The minimum absolute atomic E-state index is 0.225. The van der Waals surface area contributed by atoms with E-state index in [0.29, 0.717) is 11.6 Å². The zero-order valence-corrected chi connectivity index (χ0v) is 7.73. The zero-order valence-electron chi connectivity index (χ0n) is 7.73. The SMILES string of the molecule is Nc1n[nH]c(-c2ccc3c(c2)OCO3)n1. The molecular formula is C9H8N4O2. The Balaban J connectivity index is 2.06. The molecule has 1 aromatic heterocycles. The molecule has 2 aromatic rings. The molecule has 0 spiro atoms. The van der Waals surface area contributed by atoms with Crippen LogP contribution in [0.15, 0.2) is 18.2 Å². The van der Waals surface area contributed by atoms with Crippen LogP contribution in [0.25, 0.3) is 11.4 Å². The second-order valence-electron chi connectivity index (χ2n) is 3.11. The summed E-state index contributed by atoms with van der Waals surface area (Å²) < 4.78 is 10.5. The maximum Gasteiger partial charge on any atom is 0.239 e. The summed E-state index contributed by atoms with van der Waals surface area (Å²) in [6.45, 7) is 0.261. The number of fused-ring (bicyclic) bond motifs is 1. The fraction of sp³-hybridized carbons (Fsp3) is 0.111. The van der Waals surface area contributed by atoms with Gasteiger partial charge in [-0.05, 0) is 18.2 Å². The Morgan fingerprint density at radius 2 is 2.13 bits per heavy atom. The van der Waals surface area contributed by atoms with Crippen molar-refractivity contribution in [3.63, 3.8) is 0 Å². The van der Waals surface area contributed by atoms with Gasteiger partial charge in [0.15, 0.2) is 17.3 Å². The van der Waals surface area contributed by atoms with E-state index in [4.69, 9.17) is 15.2 Å². The Labute approximate surface area is 85.0 Å². The summed E-state index contributed by atoms with van der Waals surface area (Å²) in [4.78, 5) is 4.02. The van der Waals surface area contributed by atoms with Crippen molar-refractivity contribution in [3.8, 4) is 22.9 Å². The highest BCUT2D eigenvalue weighted by atomic mass is 16.7. The van der Waals surface area contributed by atoms with Crippen LogP contribution in [-0.2, 0) is 0 Å². The van der Waals surface area contributed by atoms with Crippen LogP contribution in [0, 0.1) is 0 Å². The summed E-state index contributed by atoms with van der Waals surface area (Å²) in [6.07, 6.45) is 0. The topological polar surface area (TPSA) is 86.0 Å². The van der Waals surface area contributed by atoms with Gasteiger partial charge in [-0.2, -0.15) is 4.98 Å². The van der Waals surface area contributed by atoms with Crippen molar-refractivity contribution in [2.75, 3.05) is 12.5 Å². The molecule has 0 unspecified atom stereocenters. The number of H-pyrrole nitrogens is 1. The van der Waals surface area contributed by atoms with Crippen LogP contribution in [0.1, 0.15) is 0 Å². The normalized spacial score (nSPS) is 13.1. The summed E-state index contributed by atoms with van der Waals surface area (Å²) in [5, 5.41) is 6.49. The average molecular weight is 204 g/mol. The molecule has 0 radical (unpaired) electrons. The molecule has 0 fully saturated rings. The fourth-order valence-electron chi connectivity index (χ4n) is 1.45. The number of ether oxygens (including phenoxy) is 2. The standard InChI is InChI=1S/C9H8N4O2/c10-9-11-8(12-13-9)5-1-2-6-7(3-5)15-4-14-6/h1-3H,4H2,(H3,10,11,12,13). The van der Waals surface area contributed by atoms with Gasteiger partial charge in [0.25, 0.3) is 0 Å². The Kier molecular flexibility index (Phi) is 1.55. The first kappa shape index (κ1) is 8.10. The minimum Gasteiger partial charge on any atom is -0.454 e. The first-order valence-corrected chi connectivity index (χ1v) is 4.41.